The molecule has 0 fully saturated rings. The van der Waals surface area contributed by atoms with Crippen LogP contribution in [0.2, 0.25) is 0 Å². The second kappa shape index (κ2) is 6.26. The zero-order valence-corrected chi connectivity index (χ0v) is 13.9. The van der Waals surface area contributed by atoms with Crippen LogP contribution in [0.3, 0.4) is 0 Å². The summed E-state index contributed by atoms with van der Waals surface area (Å²) < 4.78 is 5.59. The number of nitrogen functional groups attached to an aromatic ring is 1. The monoisotopic (exact) mass is 355 g/mol. The summed E-state index contributed by atoms with van der Waals surface area (Å²) in [6, 6.07) is 8.02. The molecule has 1 aromatic carbocycles. The van der Waals surface area contributed by atoms with E-state index < -0.39 is 10.8 Å². The molecule has 8 nitrogen and oxygen atoms in total. The molecule has 2 aromatic rings. The second-order valence-corrected chi connectivity index (χ2v) is 6.35. The average Bonchev–Trinajstić information content (AvgIpc) is 2.92. The van der Waals surface area contributed by atoms with Crippen molar-refractivity contribution in [1.82, 2.24) is 4.98 Å². The summed E-state index contributed by atoms with van der Waals surface area (Å²) >= 11 is 1.26. The number of benzene rings is 1. The molecule has 0 amide bonds. The number of hydrogen-bond acceptors (Lipinski definition) is 8. The van der Waals surface area contributed by atoms with Gasteiger partial charge in [-0.2, -0.15) is 5.26 Å². The predicted octanol–water partition coefficient (Wildman–Crippen LogP) is 2.79. The van der Waals surface area contributed by atoms with Gasteiger partial charge in [0.15, 0.2) is 5.13 Å². The molecule has 0 saturated heterocycles. The minimum Gasteiger partial charge on any atom is -0.439 e. The number of aryl methyl sites for hydroxylation is 1. The Hall–Kier alpha value is -3.38. The lowest BCUT2D eigenvalue weighted by Crippen LogP contribution is -2.16. The highest BCUT2D eigenvalue weighted by atomic mass is 32.1. The first kappa shape index (κ1) is 16.5. The van der Waals surface area contributed by atoms with Crippen molar-refractivity contribution in [3.8, 4) is 6.07 Å². The van der Waals surface area contributed by atoms with Crippen molar-refractivity contribution >= 4 is 27.9 Å². The third-order valence-electron chi connectivity index (χ3n) is 3.73. The van der Waals surface area contributed by atoms with Gasteiger partial charge in [0.2, 0.25) is 5.88 Å². The molecule has 2 heterocycles. The Morgan fingerprint density at radius 2 is 2.04 bits per heavy atom. The molecule has 4 N–H and O–H groups in total. The minimum absolute atomic E-state index is 0.00488. The first-order chi connectivity index (χ1) is 11.9. The van der Waals surface area contributed by atoms with Gasteiger partial charge in [0.05, 0.1) is 15.5 Å². The number of aromatic nitrogens is 1. The summed E-state index contributed by atoms with van der Waals surface area (Å²) in [5, 5.41) is 20.6. The van der Waals surface area contributed by atoms with Gasteiger partial charge >= 0.3 is 0 Å². The van der Waals surface area contributed by atoms with Gasteiger partial charge in [-0.1, -0.05) is 23.5 Å². The molecule has 1 aromatic heterocycles. The van der Waals surface area contributed by atoms with E-state index in [2.05, 4.69) is 4.98 Å². The molecule has 0 spiro atoms. The molecular formula is C16H13N5O3S. The lowest BCUT2D eigenvalue weighted by molar-refractivity contribution is -0.384. The molecule has 0 aliphatic carbocycles. The summed E-state index contributed by atoms with van der Waals surface area (Å²) in [5.41, 5.74) is 13.3. The number of hydrogen-bond donors (Lipinski definition) is 2. The van der Waals surface area contributed by atoms with E-state index in [0.29, 0.717) is 22.1 Å². The Balaban J connectivity index is 2.07. The van der Waals surface area contributed by atoms with Gasteiger partial charge in [-0.25, -0.2) is 4.98 Å². The van der Waals surface area contributed by atoms with Crippen LogP contribution in [0.15, 0.2) is 41.8 Å². The Morgan fingerprint density at radius 3 is 2.56 bits per heavy atom. The van der Waals surface area contributed by atoms with Crippen molar-refractivity contribution in [2.45, 2.75) is 12.8 Å². The number of rotatable bonds is 3. The first-order valence-corrected chi connectivity index (χ1v) is 7.99. The summed E-state index contributed by atoms with van der Waals surface area (Å²) in [7, 11) is 0. The number of nitrogens with two attached hydrogens (primary N) is 2. The minimum atomic E-state index is -0.478. The summed E-state index contributed by atoms with van der Waals surface area (Å²) in [5.74, 6) is -0.0152. The third-order valence-corrected chi connectivity index (χ3v) is 4.74. The van der Waals surface area contributed by atoms with Crippen LogP contribution in [0.5, 0.6) is 0 Å². The van der Waals surface area contributed by atoms with Crippen LogP contribution in [-0.2, 0) is 4.74 Å². The van der Waals surface area contributed by atoms with Gasteiger partial charge in [-0.05, 0) is 18.6 Å². The fourth-order valence-corrected chi connectivity index (χ4v) is 3.35. The summed E-state index contributed by atoms with van der Waals surface area (Å²) in [6.45, 7) is 1.80. The third kappa shape index (κ3) is 3.02. The zero-order chi connectivity index (χ0) is 18.1. The van der Waals surface area contributed by atoms with Crippen molar-refractivity contribution in [3.63, 3.8) is 0 Å². The van der Waals surface area contributed by atoms with Crippen LogP contribution in [0.4, 0.5) is 10.8 Å². The number of anilines is 1. The van der Waals surface area contributed by atoms with E-state index >= 15 is 0 Å². The highest BCUT2D eigenvalue weighted by Gasteiger charge is 2.28. The van der Waals surface area contributed by atoms with Crippen molar-refractivity contribution in [2.75, 3.05) is 5.73 Å². The van der Waals surface area contributed by atoms with E-state index in [1.807, 2.05) is 6.07 Å². The second-order valence-electron chi connectivity index (χ2n) is 5.32. The zero-order valence-electron chi connectivity index (χ0n) is 13.1. The fraction of sp³-hybridized carbons (Fsp3) is 0.125. The Kier molecular flexibility index (Phi) is 4.12. The molecular weight excluding hydrogens is 342 g/mol. The Morgan fingerprint density at radius 1 is 1.36 bits per heavy atom. The van der Waals surface area contributed by atoms with E-state index in [9.17, 15) is 15.4 Å². The molecule has 3 rings (SSSR count). The van der Waals surface area contributed by atoms with Crippen molar-refractivity contribution < 1.29 is 9.66 Å². The lowest BCUT2D eigenvalue weighted by atomic mass is 9.89. The molecule has 0 bridgehead atoms. The maximum Gasteiger partial charge on any atom is 0.269 e. The molecule has 1 unspecified atom stereocenters. The van der Waals surface area contributed by atoms with Crippen LogP contribution >= 0.6 is 11.3 Å². The first-order valence-electron chi connectivity index (χ1n) is 7.17. The van der Waals surface area contributed by atoms with Gasteiger partial charge in [-0.15, -0.1) is 0 Å². The Bertz CT molecular complexity index is 953. The van der Waals surface area contributed by atoms with E-state index in [4.69, 9.17) is 16.2 Å². The number of non-ortho nitro benzene ring substituents is 1. The van der Waals surface area contributed by atoms with Crippen LogP contribution in [0.25, 0.3) is 5.76 Å². The highest BCUT2D eigenvalue weighted by Crippen LogP contribution is 2.39. The molecule has 9 heteroatoms. The van der Waals surface area contributed by atoms with Gasteiger partial charge in [0.1, 0.15) is 17.4 Å². The number of nitro benzene ring substituents is 1. The maximum atomic E-state index is 10.8. The summed E-state index contributed by atoms with van der Waals surface area (Å²) in [4.78, 5) is 15.2. The average molecular weight is 355 g/mol. The van der Waals surface area contributed by atoms with Crippen molar-refractivity contribution in [2.24, 2.45) is 5.73 Å². The number of nitro groups is 1. The largest absolute Gasteiger partial charge is 0.439 e. The molecule has 126 valence electrons. The van der Waals surface area contributed by atoms with Crippen LogP contribution < -0.4 is 11.5 Å². The quantitative estimate of drug-likeness (QED) is 0.637. The van der Waals surface area contributed by atoms with E-state index in [1.54, 1.807) is 25.1 Å². The molecule has 25 heavy (non-hydrogen) atoms. The predicted molar refractivity (Wildman–Crippen MR) is 93.0 cm³/mol. The number of thiazole rings is 1. The topological polar surface area (TPSA) is 141 Å². The SMILES string of the molecule is Cc1nc(N)sc1C1=CC(c2ccc([N+](=O)[O-])cc2)C(C#N)=C(N)O1. The summed E-state index contributed by atoms with van der Waals surface area (Å²) in [6.07, 6.45) is 1.75. The Labute approximate surface area is 146 Å². The molecule has 1 aliphatic rings. The fourth-order valence-electron chi connectivity index (χ4n) is 2.55. The van der Waals surface area contributed by atoms with Gasteiger partial charge in [-0.3, -0.25) is 10.1 Å². The van der Waals surface area contributed by atoms with E-state index in [-0.39, 0.29) is 17.1 Å². The van der Waals surface area contributed by atoms with Crippen molar-refractivity contribution in [1.29, 1.82) is 5.26 Å². The van der Waals surface area contributed by atoms with E-state index in [1.165, 1.54) is 23.5 Å². The van der Waals surface area contributed by atoms with Crippen LogP contribution in [0.1, 0.15) is 22.1 Å². The van der Waals surface area contributed by atoms with E-state index in [0.717, 1.165) is 4.88 Å². The molecule has 0 radical (unpaired) electrons. The van der Waals surface area contributed by atoms with Crippen molar-refractivity contribution in [3.05, 3.63) is 68.0 Å². The maximum absolute atomic E-state index is 10.8. The van der Waals surface area contributed by atoms with Gasteiger partial charge in [0.25, 0.3) is 5.69 Å². The van der Waals surface area contributed by atoms with Gasteiger partial charge in [0, 0.05) is 18.1 Å². The van der Waals surface area contributed by atoms with Gasteiger partial charge < -0.3 is 16.2 Å². The lowest BCUT2D eigenvalue weighted by Gasteiger charge is -2.22. The molecule has 0 saturated carbocycles. The number of allylic oxidation sites excluding steroid dienone is 2. The number of nitriles is 1. The number of ether oxygens (including phenoxy) is 1. The molecule has 1 atom stereocenters. The van der Waals surface area contributed by atoms with Crippen LogP contribution in [-0.4, -0.2) is 9.91 Å². The standard InChI is InChI=1S/C16H13N5O3S/c1-8-14(25-16(19)20-8)13-6-11(12(7-17)15(18)24-13)9-2-4-10(5-3-9)21(22)23/h2-6,11H,18H2,1H3,(H2,19,20). The normalized spacial score (nSPS) is 16.8. The number of nitrogens with zero attached hydrogens (tertiary/aromatic N) is 3. The molecule has 1 aliphatic heterocycles. The van der Waals surface area contributed by atoms with Crippen LogP contribution in [0, 0.1) is 28.4 Å². The highest BCUT2D eigenvalue weighted by molar-refractivity contribution is 7.16. The smallest absolute Gasteiger partial charge is 0.269 e.